The Labute approximate surface area is 113 Å². The molecule has 2 heterocycles. The third kappa shape index (κ3) is 3.78. The lowest BCUT2D eigenvalue weighted by Gasteiger charge is -2.31. The van der Waals surface area contributed by atoms with Crippen molar-refractivity contribution in [1.29, 1.82) is 0 Å². The summed E-state index contributed by atoms with van der Waals surface area (Å²) in [4.78, 5) is 14.3. The van der Waals surface area contributed by atoms with Gasteiger partial charge in [-0.25, -0.2) is 0 Å². The average molecular weight is 265 g/mol. The first-order chi connectivity index (χ1) is 9.20. The van der Waals surface area contributed by atoms with Crippen molar-refractivity contribution in [2.24, 2.45) is 18.7 Å². The summed E-state index contributed by atoms with van der Waals surface area (Å²) in [7, 11) is 1.95. The van der Waals surface area contributed by atoms with E-state index in [2.05, 4.69) is 15.3 Å². The summed E-state index contributed by atoms with van der Waals surface area (Å²) in [5.74, 6) is 0.230. The Morgan fingerprint density at radius 1 is 1.63 bits per heavy atom. The first-order valence-corrected chi connectivity index (χ1v) is 6.87. The van der Waals surface area contributed by atoms with Crippen molar-refractivity contribution in [3.05, 3.63) is 18.0 Å². The van der Waals surface area contributed by atoms with Gasteiger partial charge in [-0.2, -0.15) is 5.10 Å². The summed E-state index contributed by atoms with van der Waals surface area (Å²) in [6.07, 6.45) is 3.85. The molecule has 1 fully saturated rings. The molecule has 0 saturated carbocycles. The molecule has 1 aliphatic rings. The average Bonchev–Trinajstić information content (AvgIpc) is 2.82. The van der Waals surface area contributed by atoms with Crippen molar-refractivity contribution >= 4 is 5.91 Å². The van der Waals surface area contributed by atoms with E-state index in [4.69, 9.17) is 5.73 Å². The van der Waals surface area contributed by atoms with E-state index in [0.29, 0.717) is 13.1 Å². The van der Waals surface area contributed by atoms with Crippen molar-refractivity contribution in [2.45, 2.75) is 19.4 Å². The normalized spacial score (nSPS) is 20.4. The van der Waals surface area contributed by atoms with Crippen molar-refractivity contribution in [2.75, 3.05) is 26.2 Å². The van der Waals surface area contributed by atoms with Gasteiger partial charge < -0.3 is 11.1 Å². The molecular formula is C13H23N5O. The largest absolute Gasteiger partial charge is 0.355 e. The summed E-state index contributed by atoms with van der Waals surface area (Å²) >= 11 is 0. The van der Waals surface area contributed by atoms with E-state index in [1.54, 1.807) is 0 Å². The predicted molar refractivity (Wildman–Crippen MR) is 73.3 cm³/mol. The summed E-state index contributed by atoms with van der Waals surface area (Å²) < 4.78 is 1.89. The molecule has 6 heteroatoms. The van der Waals surface area contributed by atoms with Crippen LogP contribution in [-0.4, -0.2) is 46.8 Å². The number of aromatic nitrogens is 2. The number of nitrogens with zero attached hydrogens (tertiary/aromatic N) is 3. The zero-order chi connectivity index (χ0) is 13.7. The summed E-state index contributed by atoms with van der Waals surface area (Å²) in [5, 5.41) is 7.06. The van der Waals surface area contributed by atoms with Gasteiger partial charge in [0, 0.05) is 39.4 Å². The minimum Gasteiger partial charge on any atom is -0.355 e. The van der Waals surface area contributed by atoms with Gasteiger partial charge >= 0.3 is 0 Å². The van der Waals surface area contributed by atoms with E-state index in [0.717, 1.165) is 32.5 Å². The van der Waals surface area contributed by atoms with Crippen LogP contribution in [0.4, 0.5) is 0 Å². The zero-order valence-electron chi connectivity index (χ0n) is 11.5. The number of rotatable bonds is 5. The van der Waals surface area contributed by atoms with Crippen LogP contribution in [0, 0.1) is 5.92 Å². The monoisotopic (exact) mass is 265 g/mol. The second kappa shape index (κ2) is 6.68. The van der Waals surface area contributed by atoms with Crippen LogP contribution >= 0.6 is 0 Å². The van der Waals surface area contributed by atoms with Crippen LogP contribution in [0.25, 0.3) is 0 Å². The molecule has 1 aromatic heterocycles. The van der Waals surface area contributed by atoms with E-state index >= 15 is 0 Å². The molecule has 0 spiro atoms. The summed E-state index contributed by atoms with van der Waals surface area (Å²) in [6.45, 7) is 3.79. The molecule has 2 rings (SSSR count). The molecule has 1 unspecified atom stereocenters. The highest BCUT2D eigenvalue weighted by molar-refractivity contribution is 5.78. The quantitative estimate of drug-likeness (QED) is 0.767. The Morgan fingerprint density at radius 2 is 2.47 bits per heavy atom. The van der Waals surface area contributed by atoms with Gasteiger partial charge in [0.05, 0.1) is 11.6 Å². The fraction of sp³-hybridized carbons (Fsp3) is 0.692. The van der Waals surface area contributed by atoms with E-state index in [9.17, 15) is 4.79 Å². The van der Waals surface area contributed by atoms with Crippen LogP contribution in [0.3, 0.4) is 0 Å². The maximum atomic E-state index is 12.0. The number of amides is 1. The van der Waals surface area contributed by atoms with Crippen molar-refractivity contribution in [3.63, 3.8) is 0 Å². The molecule has 0 bridgehead atoms. The van der Waals surface area contributed by atoms with Crippen LogP contribution < -0.4 is 11.1 Å². The molecule has 1 aliphatic heterocycles. The molecular weight excluding hydrogens is 242 g/mol. The first kappa shape index (κ1) is 14.0. The molecule has 0 radical (unpaired) electrons. The highest BCUT2D eigenvalue weighted by Crippen LogP contribution is 2.18. The maximum Gasteiger partial charge on any atom is 0.224 e. The Balaban J connectivity index is 1.86. The third-order valence-electron chi connectivity index (χ3n) is 3.63. The molecule has 3 N–H and O–H groups in total. The number of likely N-dealkylation sites (tertiary alicyclic amines) is 1. The number of nitrogens with one attached hydrogen (secondary N) is 1. The van der Waals surface area contributed by atoms with Gasteiger partial charge in [-0.05, 0) is 25.5 Å². The molecule has 1 saturated heterocycles. The molecule has 1 atom stereocenters. The molecule has 1 aromatic rings. The van der Waals surface area contributed by atoms with Crippen LogP contribution in [0.2, 0.25) is 0 Å². The smallest absolute Gasteiger partial charge is 0.224 e. The Morgan fingerprint density at radius 3 is 3.16 bits per heavy atom. The molecule has 0 aromatic carbocycles. The highest BCUT2D eigenvalue weighted by Gasteiger charge is 2.25. The number of aryl methyl sites for hydroxylation is 1. The molecule has 0 aliphatic carbocycles. The minimum absolute atomic E-state index is 0.0912. The SMILES string of the molecule is Cn1nccc1CN1CCCC(C(=O)NCCN)C1. The topological polar surface area (TPSA) is 76.2 Å². The molecule has 1 amide bonds. The lowest BCUT2D eigenvalue weighted by molar-refractivity contribution is -0.126. The van der Waals surface area contributed by atoms with Gasteiger partial charge in [0.25, 0.3) is 0 Å². The Hall–Kier alpha value is -1.40. The lowest BCUT2D eigenvalue weighted by Crippen LogP contribution is -2.43. The van der Waals surface area contributed by atoms with Gasteiger partial charge in [0.2, 0.25) is 5.91 Å². The van der Waals surface area contributed by atoms with Crippen LogP contribution in [0.5, 0.6) is 0 Å². The van der Waals surface area contributed by atoms with Gasteiger partial charge in [-0.15, -0.1) is 0 Å². The molecule has 106 valence electrons. The van der Waals surface area contributed by atoms with Gasteiger partial charge in [-0.3, -0.25) is 14.4 Å². The van der Waals surface area contributed by atoms with E-state index < -0.39 is 0 Å². The fourth-order valence-corrected chi connectivity index (χ4v) is 2.54. The Bertz CT molecular complexity index is 417. The van der Waals surface area contributed by atoms with Gasteiger partial charge in [-0.1, -0.05) is 0 Å². The Kier molecular flexibility index (Phi) is 4.93. The zero-order valence-corrected chi connectivity index (χ0v) is 11.5. The second-order valence-corrected chi connectivity index (χ2v) is 5.10. The van der Waals surface area contributed by atoms with E-state index in [1.807, 2.05) is 24.0 Å². The van der Waals surface area contributed by atoms with Gasteiger partial charge in [0.15, 0.2) is 0 Å². The van der Waals surface area contributed by atoms with Gasteiger partial charge in [0.1, 0.15) is 0 Å². The lowest BCUT2D eigenvalue weighted by atomic mass is 9.97. The third-order valence-corrected chi connectivity index (χ3v) is 3.63. The summed E-state index contributed by atoms with van der Waals surface area (Å²) in [5.41, 5.74) is 6.59. The van der Waals surface area contributed by atoms with Crippen LogP contribution in [-0.2, 0) is 18.4 Å². The van der Waals surface area contributed by atoms with E-state index in [-0.39, 0.29) is 11.8 Å². The predicted octanol–water partition coefficient (Wildman–Crippen LogP) is -0.293. The second-order valence-electron chi connectivity index (χ2n) is 5.10. The maximum absolute atomic E-state index is 12.0. The minimum atomic E-state index is 0.0912. The molecule has 19 heavy (non-hydrogen) atoms. The van der Waals surface area contributed by atoms with Crippen molar-refractivity contribution in [1.82, 2.24) is 20.0 Å². The standard InChI is InChI=1S/C13H23N5O/c1-17-12(4-6-16-17)10-18-8-2-3-11(9-18)13(19)15-7-5-14/h4,6,11H,2-3,5,7-10,14H2,1H3,(H,15,19). The molecule has 6 nitrogen and oxygen atoms in total. The summed E-state index contributed by atoms with van der Waals surface area (Å²) in [6, 6.07) is 2.03. The first-order valence-electron chi connectivity index (χ1n) is 6.87. The van der Waals surface area contributed by atoms with E-state index in [1.165, 1.54) is 5.69 Å². The number of carbonyl (C=O) groups excluding carboxylic acids is 1. The highest BCUT2D eigenvalue weighted by atomic mass is 16.1. The van der Waals surface area contributed by atoms with Crippen molar-refractivity contribution in [3.8, 4) is 0 Å². The number of hydrogen-bond donors (Lipinski definition) is 2. The number of hydrogen-bond acceptors (Lipinski definition) is 4. The number of nitrogens with two attached hydrogens (primary N) is 1. The number of carbonyl (C=O) groups is 1. The van der Waals surface area contributed by atoms with Crippen LogP contribution in [0.1, 0.15) is 18.5 Å². The van der Waals surface area contributed by atoms with Crippen LogP contribution in [0.15, 0.2) is 12.3 Å². The fourth-order valence-electron chi connectivity index (χ4n) is 2.54. The van der Waals surface area contributed by atoms with Crippen molar-refractivity contribution < 1.29 is 4.79 Å². The number of piperidine rings is 1.